The lowest BCUT2D eigenvalue weighted by atomic mass is 9.89. The normalized spacial score (nSPS) is 18.6. The first-order valence-corrected chi connectivity index (χ1v) is 15.7. The molecule has 3 aromatic rings. The van der Waals surface area contributed by atoms with Crippen molar-refractivity contribution in [3.05, 3.63) is 93.8 Å². The molecule has 8 heteroatoms. The highest BCUT2D eigenvalue weighted by atomic mass is 35.5. The molecule has 2 aliphatic rings. The fourth-order valence-corrected chi connectivity index (χ4v) is 7.72. The van der Waals surface area contributed by atoms with Crippen molar-refractivity contribution in [1.82, 2.24) is 4.90 Å². The van der Waals surface area contributed by atoms with Crippen LogP contribution in [0, 0.1) is 18.7 Å². The molecular weight excluding hydrogens is 547 g/mol. The van der Waals surface area contributed by atoms with E-state index in [-0.39, 0.29) is 11.7 Å². The quantitative estimate of drug-likeness (QED) is 0.273. The number of nitrogens with zero attached hydrogens (tertiary/aromatic N) is 2. The fraction of sp³-hybridized carbons (Fsp3) is 0.375. The highest BCUT2D eigenvalue weighted by Crippen LogP contribution is 2.37. The SMILES string of the molecule is C/C(=C\c1ccc2c(c1)N(S(=O)(=O)c1cccc(C)c1)C[C@H](CCCN1CCOCC1)C2)c1c(F)cccc1Cl. The largest absolute Gasteiger partial charge is 0.379 e. The molecule has 0 radical (unpaired) electrons. The zero-order valence-corrected chi connectivity index (χ0v) is 24.6. The summed E-state index contributed by atoms with van der Waals surface area (Å²) in [7, 11) is -3.78. The van der Waals surface area contributed by atoms with Crippen LogP contribution in [-0.4, -0.2) is 52.7 Å². The van der Waals surface area contributed by atoms with E-state index in [1.54, 1.807) is 34.6 Å². The number of hydrogen-bond donors (Lipinski definition) is 0. The molecule has 0 aliphatic carbocycles. The summed E-state index contributed by atoms with van der Waals surface area (Å²) in [6, 6.07) is 17.6. The van der Waals surface area contributed by atoms with Crippen molar-refractivity contribution >= 4 is 39.0 Å². The van der Waals surface area contributed by atoms with E-state index in [9.17, 15) is 12.8 Å². The van der Waals surface area contributed by atoms with E-state index < -0.39 is 10.0 Å². The predicted molar refractivity (Wildman–Crippen MR) is 161 cm³/mol. The number of allylic oxidation sites excluding steroid dienone is 1. The summed E-state index contributed by atoms with van der Waals surface area (Å²) in [5, 5.41) is 0.343. The van der Waals surface area contributed by atoms with Gasteiger partial charge in [0.2, 0.25) is 0 Å². The number of ether oxygens (including phenoxy) is 1. The van der Waals surface area contributed by atoms with Crippen molar-refractivity contribution < 1.29 is 17.5 Å². The van der Waals surface area contributed by atoms with Gasteiger partial charge >= 0.3 is 0 Å². The maximum Gasteiger partial charge on any atom is 0.264 e. The second-order valence-corrected chi connectivity index (χ2v) is 13.1. The van der Waals surface area contributed by atoms with E-state index in [0.29, 0.717) is 33.3 Å². The van der Waals surface area contributed by atoms with Gasteiger partial charge in [0.1, 0.15) is 5.82 Å². The Morgan fingerprint density at radius 1 is 1.10 bits per heavy atom. The number of rotatable bonds is 8. The van der Waals surface area contributed by atoms with Gasteiger partial charge in [0.15, 0.2) is 0 Å². The van der Waals surface area contributed by atoms with Crippen LogP contribution in [0.2, 0.25) is 5.02 Å². The number of halogens is 2. The lowest BCUT2D eigenvalue weighted by Gasteiger charge is -2.36. The highest BCUT2D eigenvalue weighted by Gasteiger charge is 2.33. The summed E-state index contributed by atoms with van der Waals surface area (Å²) in [5.41, 5.74) is 4.42. The van der Waals surface area contributed by atoms with Crippen LogP contribution in [0.25, 0.3) is 11.6 Å². The molecule has 0 unspecified atom stereocenters. The average Bonchev–Trinajstić information content (AvgIpc) is 2.93. The molecule has 1 atom stereocenters. The van der Waals surface area contributed by atoms with Crippen molar-refractivity contribution in [3.8, 4) is 0 Å². The van der Waals surface area contributed by atoms with Gasteiger partial charge in [0.05, 0.1) is 28.8 Å². The Labute approximate surface area is 242 Å². The van der Waals surface area contributed by atoms with Crippen molar-refractivity contribution in [2.45, 2.75) is 38.0 Å². The minimum atomic E-state index is -3.78. The maximum absolute atomic E-state index is 14.6. The molecule has 3 aromatic carbocycles. The molecule has 212 valence electrons. The number of benzene rings is 3. The zero-order chi connectivity index (χ0) is 28.3. The van der Waals surface area contributed by atoms with Gasteiger partial charge in [-0.2, -0.15) is 0 Å². The Morgan fingerprint density at radius 2 is 1.88 bits per heavy atom. The molecular formula is C32H36ClFN2O3S. The van der Waals surface area contributed by atoms with Gasteiger partial charge in [0, 0.05) is 25.2 Å². The number of hydrogen-bond acceptors (Lipinski definition) is 4. The van der Waals surface area contributed by atoms with Gasteiger partial charge < -0.3 is 4.74 Å². The second kappa shape index (κ2) is 12.4. The number of anilines is 1. The molecule has 0 amide bonds. The summed E-state index contributed by atoms with van der Waals surface area (Å²) in [6.07, 6.45) is 4.64. The first-order chi connectivity index (χ1) is 19.2. The smallest absolute Gasteiger partial charge is 0.264 e. The third-order valence-electron chi connectivity index (χ3n) is 7.82. The average molecular weight is 583 g/mol. The van der Waals surface area contributed by atoms with Gasteiger partial charge in [-0.05, 0) is 98.2 Å². The van der Waals surface area contributed by atoms with Gasteiger partial charge in [-0.15, -0.1) is 0 Å². The molecule has 0 bridgehead atoms. The van der Waals surface area contributed by atoms with Crippen LogP contribution in [0.1, 0.15) is 42.0 Å². The second-order valence-electron chi connectivity index (χ2n) is 10.8. The van der Waals surface area contributed by atoms with E-state index in [0.717, 1.165) is 68.8 Å². The molecule has 2 heterocycles. The molecule has 0 saturated carbocycles. The predicted octanol–water partition coefficient (Wildman–Crippen LogP) is 6.83. The van der Waals surface area contributed by atoms with Gasteiger partial charge in [-0.1, -0.05) is 48.0 Å². The van der Waals surface area contributed by atoms with E-state index in [1.165, 1.54) is 6.07 Å². The maximum atomic E-state index is 14.6. The van der Waals surface area contributed by atoms with Crippen molar-refractivity contribution in [3.63, 3.8) is 0 Å². The minimum absolute atomic E-state index is 0.216. The summed E-state index contributed by atoms with van der Waals surface area (Å²) in [5.74, 6) is -0.170. The summed E-state index contributed by atoms with van der Waals surface area (Å²) in [4.78, 5) is 2.72. The van der Waals surface area contributed by atoms with E-state index >= 15 is 0 Å². The number of fused-ring (bicyclic) bond motifs is 1. The first-order valence-electron chi connectivity index (χ1n) is 13.9. The van der Waals surface area contributed by atoms with E-state index in [4.69, 9.17) is 16.3 Å². The van der Waals surface area contributed by atoms with Crippen LogP contribution >= 0.6 is 11.6 Å². The lowest BCUT2D eigenvalue weighted by Crippen LogP contribution is -2.41. The lowest BCUT2D eigenvalue weighted by molar-refractivity contribution is 0.0367. The molecule has 2 aliphatic heterocycles. The van der Waals surface area contributed by atoms with Crippen LogP contribution in [0.5, 0.6) is 0 Å². The van der Waals surface area contributed by atoms with Crippen LogP contribution in [0.3, 0.4) is 0 Å². The summed E-state index contributed by atoms with van der Waals surface area (Å²) < 4.78 is 49.7. The Morgan fingerprint density at radius 3 is 2.62 bits per heavy atom. The van der Waals surface area contributed by atoms with Gasteiger partial charge in [-0.3, -0.25) is 9.21 Å². The van der Waals surface area contributed by atoms with Gasteiger partial charge in [0.25, 0.3) is 10.0 Å². The number of aryl methyl sites for hydroxylation is 1. The van der Waals surface area contributed by atoms with Crippen LogP contribution in [0.15, 0.2) is 65.6 Å². The standard InChI is InChI=1S/C32H36ClFN2O3S/c1-23-6-3-8-28(18-23)40(37,38)36-22-26(7-5-13-35-14-16-39-17-15-35)20-27-12-11-25(21-31(27)36)19-24(2)32-29(33)9-4-10-30(32)34/h3-4,6,8-12,18-19,21,26H,5,7,13-17,20,22H2,1-2H3/b24-19+/t26-/m1/s1. The molecule has 5 rings (SSSR count). The van der Waals surface area contributed by atoms with E-state index in [1.807, 2.05) is 44.2 Å². The number of sulfonamides is 1. The highest BCUT2D eigenvalue weighted by molar-refractivity contribution is 7.92. The van der Waals surface area contributed by atoms with Gasteiger partial charge in [-0.25, -0.2) is 12.8 Å². The molecule has 0 aromatic heterocycles. The third kappa shape index (κ3) is 6.44. The topological polar surface area (TPSA) is 49.9 Å². The molecule has 1 saturated heterocycles. The Hall–Kier alpha value is -2.71. The fourth-order valence-electron chi connectivity index (χ4n) is 5.73. The van der Waals surface area contributed by atoms with Crippen LogP contribution < -0.4 is 4.31 Å². The Kier molecular flexibility index (Phi) is 8.95. The Bertz CT molecular complexity index is 1480. The molecule has 1 fully saturated rings. The number of morpholine rings is 1. The summed E-state index contributed by atoms with van der Waals surface area (Å²) >= 11 is 6.30. The van der Waals surface area contributed by atoms with Crippen molar-refractivity contribution in [2.75, 3.05) is 43.7 Å². The van der Waals surface area contributed by atoms with Crippen molar-refractivity contribution in [1.29, 1.82) is 0 Å². The molecule has 40 heavy (non-hydrogen) atoms. The van der Waals surface area contributed by atoms with Crippen LogP contribution in [-0.2, 0) is 21.2 Å². The Balaban J connectivity index is 1.46. The summed E-state index contributed by atoms with van der Waals surface area (Å²) in [6.45, 7) is 8.60. The molecule has 0 N–H and O–H groups in total. The van der Waals surface area contributed by atoms with E-state index in [2.05, 4.69) is 4.90 Å². The minimum Gasteiger partial charge on any atom is -0.379 e. The first kappa shape index (κ1) is 28.8. The zero-order valence-electron chi connectivity index (χ0n) is 23.1. The monoisotopic (exact) mass is 582 g/mol. The molecule has 0 spiro atoms. The third-order valence-corrected chi connectivity index (χ3v) is 9.91. The molecule has 5 nitrogen and oxygen atoms in total. The van der Waals surface area contributed by atoms with Crippen LogP contribution in [0.4, 0.5) is 10.1 Å². The van der Waals surface area contributed by atoms with Crippen molar-refractivity contribution in [2.24, 2.45) is 5.92 Å².